The minimum absolute atomic E-state index is 0.107. The number of hydrogen-bond donors (Lipinski definition) is 1. The fourth-order valence-electron chi connectivity index (χ4n) is 3.70. The standard InChI is InChI=1S/C22H24N4O2/c1-15-8-10-17(11-9-15)23-21(27)20-24-19(18-7-3-4-13-26(18)20)22(28)25-12-5-6-16(2)14-25/h3-4,7-11,13,16H,5-6,12,14H2,1-2H3,(H,23,27). The Balaban J connectivity index is 1.67. The lowest BCUT2D eigenvalue weighted by Gasteiger charge is -2.30. The monoisotopic (exact) mass is 376 g/mol. The highest BCUT2D eigenvalue weighted by atomic mass is 16.2. The number of nitrogens with zero attached hydrogens (tertiary/aromatic N) is 3. The first-order valence-corrected chi connectivity index (χ1v) is 9.67. The smallest absolute Gasteiger partial charge is 0.292 e. The number of carbonyl (C=O) groups excluding carboxylic acids is 2. The molecule has 1 aliphatic rings. The second-order valence-corrected chi connectivity index (χ2v) is 7.56. The molecule has 1 unspecified atom stereocenters. The fraction of sp³-hybridized carbons (Fsp3) is 0.318. The molecule has 0 bridgehead atoms. The number of amides is 2. The quantitative estimate of drug-likeness (QED) is 0.757. The molecule has 1 N–H and O–H groups in total. The van der Waals surface area contributed by atoms with Gasteiger partial charge in [-0.15, -0.1) is 0 Å². The third-order valence-electron chi connectivity index (χ3n) is 5.21. The number of imidazole rings is 1. The zero-order valence-corrected chi connectivity index (χ0v) is 16.2. The Kier molecular flexibility index (Phi) is 4.86. The normalized spacial score (nSPS) is 16.9. The Morgan fingerprint density at radius 1 is 1.14 bits per heavy atom. The number of aromatic nitrogens is 2. The number of likely N-dealkylation sites (tertiary alicyclic amines) is 1. The molecule has 0 radical (unpaired) electrons. The fourth-order valence-corrected chi connectivity index (χ4v) is 3.70. The summed E-state index contributed by atoms with van der Waals surface area (Å²) in [5.41, 5.74) is 2.80. The van der Waals surface area contributed by atoms with Crippen LogP contribution in [0, 0.1) is 12.8 Å². The number of anilines is 1. The van der Waals surface area contributed by atoms with Crippen LogP contribution in [-0.2, 0) is 0 Å². The highest BCUT2D eigenvalue weighted by molar-refractivity contribution is 6.06. The number of hydrogen-bond acceptors (Lipinski definition) is 3. The van der Waals surface area contributed by atoms with E-state index < -0.39 is 0 Å². The van der Waals surface area contributed by atoms with Gasteiger partial charge in [-0.25, -0.2) is 4.98 Å². The van der Waals surface area contributed by atoms with Gasteiger partial charge in [0.15, 0.2) is 5.69 Å². The maximum atomic E-state index is 13.1. The number of aryl methyl sites for hydroxylation is 1. The first-order valence-electron chi connectivity index (χ1n) is 9.67. The van der Waals surface area contributed by atoms with Crippen molar-refractivity contribution >= 4 is 23.0 Å². The molecule has 6 heteroatoms. The van der Waals surface area contributed by atoms with Crippen LogP contribution in [0.5, 0.6) is 0 Å². The molecule has 3 heterocycles. The first-order chi connectivity index (χ1) is 13.5. The van der Waals surface area contributed by atoms with Crippen LogP contribution >= 0.6 is 0 Å². The number of rotatable bonds is 3. The van der Waals surface area contributed by atoms with E-state index in [0.29, 0.717) is 22.8 Å². The molecule has 0 spiro atoms. The molecule has 2 amide bonds. The summed E-state index contributed by atoms with van der Waals surface area (Å²) in [6, 6.07) is 13.1. The van der Waals surface area contributed by atoms with Crippen LogP contribution in [0.1, 0.15) is 46.4 Å². The van der Waals surface area contributed by atoms with E-state index in [1.165, 1.54) is 0 Å². The molecule has 1 aliphatic heterocycles. The Morgan fingerprint density at radius 3 is 2.68 bits per heavy atom. The molecule has 28 heavy (non-hydrogen) atoms. The van der Waals surface area contributed by atoms with Gasteiger partial charge in [0.25, 0.3) is 11.8 Å². The van der Waals surface area contributed by atoms with Crippen molar-refractivity contribution < 1.29 is 9.59 Å². The average Bonchev–Trinajstić information content (AvgIpc) is 3.09. The lowest BCUT2D eigenvalue weighted by Crippen LogP contribution is -2.39. The maximum absolute atomic E-state index is 13.1. The number of nitrogens with one attached hydrogen (secondary N) is 1. The van der Waals surface area contributed by atoms with Gasteiger partial charge in [0.1, 0.15) is 0 Å². The average molecular weight is 376 g/mol. The van der Waals surface area contributed by atoms with Crippen LogP contribution < -0.4 is 5.32 Å². The highest BCUT2D eigenvalue weighted by Crippen LogP contribution is 2.21. The maximum Gasteiger partial charge on any atom is 0.292 e. The summed E-state index contributed by atoms with van der Waals surface area (Å²) in [6.07, 6.45) is 3.90. The largest absolute Gasteiger partial charge is 0.337 e. The summed E-state index contributed by atoms with van der Waals surface area (Å²) in [6.45, 7) is 5.62. The van der Waals surface area contributed by atoms with Crippen molar-refractivity contribution in [2.75, 3.05) is 18.4 Å². The lowest BCUT2D eigenvalue weighted by molar-refractivity contribution is 0.0679. The molecule has 4 rings (SSSR count). The first kappa shape index (κ1) is 18.2. The van der Waals surface area contributed by atoms with Crippen LogP contribution in [0.25, 0.3) is 5.52 Å². The molecule has 144 valence electrons. The zero-order valence-electron chi connectivity index (χ0n) is 16.2. The van der Waals surface area contributed by atoms with Crippen molar-refractivity contribution in [2.24, 2.45) is 5.92 Å². The van der Waals surface area contributed by atoms with Crippen LogP contribution in [-0.4, -0.2) is 39.2 Å². The lowest BCUT2D eigenvalue weighted by atomic mass is 10.00. The van der Waals surface area contributed by atoms with E-state index >= 15 is 0 Å². The van der Waals surface area contributed by atoms with Crippen molar-refractivity contribution in [1.82, 2.24) is 14.3 Å². The van der Waals surface area contributed by atoms with Crippen LogP contribution in [0.4, 0.5) is 5.69 Å². The van der Waals surface area contributed by atoms with Gasteiger partial charge in [-0.05, 0) is 49.9 Å². The van der Waals surface area contributed by atoms with Gasteiger partial charge in [0, 0.05) is 25.0 Å². The molecular formula is C22H24N4O2. The topological polar surface area (TPSA) is 66.7 Å². The van der Waals surface area contributed by atoms with E-state index in [1.54, 1.807) is 10.6 Å². The van der Waals surface area contributed by atoms with Crippen molar-refractivity contribution in [3.63, 3.8) is 0 Å². The summed E-state index contributed by atoms with van der Waals surface area (Å²) >= 11 is 0. The number of carbonyl (C=O) groups is 2. The molecule has 1 aromatic carbocycles. The summed E-state index contributed by atoms with van der Waals surface area (Å²) in [5, 5.41) is 2.87. The molecule has 6 nitrogen and oxygen atoms in total. The van der Waals surface area contributed by atoms with E-state index in [4.69, 9.17) is 0 Å². The third kappa shape index (κ3) is 3.50. The number of benzene rings is 1. The van der Waals surface area contributed by atoms with Gasteiger partial charge in [-0.3, -0.25) is 14.0 Å². The highest BCUT2D eigenvalue weighted by Gasteiger charge is 2.27. The van der Waals surface area contributed by atoms with E-state index in [9.17, 15) is 9.59 Å². The van der Waals surface area contributed by atoms with Gasteiger partial charge < -0.3 is 10.2 Å². The zero-order chi connectivity index (χ0) is 19.7. The molecule has 0 aliphatic carbocycles. The molecule has 1 atom stereocenters. The predicted octanol–water partition coefficient (Wildman–Crippen LogP) is 3.77. The Bertz CT molecular complexity index is 1020. The molecule has 1 saturated heterocycles. The summed E-state index contributed by atoms with van der Waals surface area (Å²) < 4.78 is 1.68. The summed E-state index contributed by atoms with van der Waals surface area (Å²) in [4.78, 5) is 32.3. The van der Waals surface area contributed by atoms with E-state index in [0.717, 1.165) is 31.5 Å². The van der Waals surface area contributed by atoms with E-state index in [1.807, 2.05) is 54.3 Å². The van der Waals surface area contributed by atoms with Gasteiger partial charge in [0.2, 0.25) is 5.82 Å². The van der Waals surface area contributed by atoms with Gasteiger partial charge in [0.05, 0.1) is 5.52 Å². The second-order valence-electron chi connectivity index (χ2n) is 7.56. The van der Waals surface area contributed by atoms with Crippen molar-refractivity contribution in [3.8, 4) is 0 Å². The van der Waals surface area contributed by atoms with E-state index in [2.05, 4.69) is 17.2 Å². The van der Waals surface area contributed by atoms with Gasteiger partial charge >= 0.3 is 0 Å². The number of pyridine rings is 1. The number of piperidine rings is 1. The molecular weight excluding hydrogens is 352 g/mol. The van der Waals surface area contributed by atoms with Crippen LogP contribution in [0.3, 0.4) is 0 Å². The van der Waals surface area contributed by atoms with Gasteiger partial charge in [-0.1, -0.05) is 30.7 Å². The Hall–Kier alpha value is -3.15. The van der Waals surface area contributed by atoms with E-state index in [-0.39, 0.29) is 17.6 Å². The Morgan fingerprint density at radius 2 is 1.93 bits per heavy atom. The molecule has 2 aromatic heterocycles. The SMILES string of the molecule is Cc1ccc(NC(=O)c2nc(C(=O)N3CCCC(C)C3)c3ccccn23)cc1. The predicted molar refractivity (Wildman–Crippen MR) is 109 cm³/mol. The van der Waals surface area contributed by atoms with Crippen LogP contribution in [0.15, 0.2) is 48.7 Å². The van der Waals surface area contributed by atoms with Crippen molar-refractivity contribution in [2.45, 2.75) is 26.7 Å². The molecule has 1 fully saturated rings. The molecule has 0 saturated carbocycles. The summed E-state index contributed by atoms with van der Waals surface area (Å²) in [7, 11) is 0. The summed E-state index contributed by atoms with van der Waals surface area (Å²) in [5.74, 6) is 0.251. The second kappa shape index (κ2) is 7.46. The van der Waals surface area contributed by atoms with Crippen molar-refractivity contribution in [1.29, 1.82) is 0 Å². The Labute approximate surface area is 164 Å². The minimum Gasteiger partial charge on any atom is -0.337 e. The minimum atomic E-state index is -0.337. The van der Waals surface area contributed by atoms with Gasteiger partial charge in [-0.2, -0.15) is 0 Å². The molecule has 3 aromatic rings. The third-order valence-corrected chi connectivity index (χ3v) is 5.21. The number of fused-ring (bicyclic) bond motifs is 1. The van der Waals surface area contributed by atoms with Crippen LogP contribution in [0.2, 0.25) is 0 Å². The van der Waals surface area contributed by atoms with Crippen molar-refractivity contribution in [3.05, 3.63) is 65.7 Å².